The summed E-state index contributed by atoms with van der Waals surface area (Å²) in [5.74, 6) is -1.15. The number of carboxylic acids is 1. The quantitative estimate of drug-likeness (QED) is 0.854. The predicted octanol–water partition coefficient (Wildman–Crippen LogP) is 1.76. The molecule has 0 aliphatic heterocycles. The molecule has 0 aliphatic rings. The van der Waals surface area contributed by atoms with E-state index in [-0.39, 0.29) is 23.0 Å². The Labute approximate surface area is 95.0 Å². The van der Waals surface area contributed by atoms with E-state index in [0.717, 1.165) is 6.07 Å². The lowest BCUT2D eigenvalue weighted by atomic mass is 10.1. The zero-order valence-electron chi connectivity index (χ0n) is 8.08. The maximum atomic E-state index is 12.6. The van der Waals surface area contributed by atoms with Crippen LogP contribution in [0.15, 0.2) is 6.07 Å². The van der Waals surface area contributed by atoms with Crippen molar-refractivity contribution >= 4 is 17.6 Å². The summed E-state index contributed by atoms with van der Waals surface area (Å²) in [4.78, 5) is 14.2. The number of alkyl halides is 2. The first-order chi connectivity index (χ1) is 7.45. The average molecular weight is 251 g/mol. The van der Waals surface area contributed by atoms with Gasteiger partial charge in [0.25, 0.3) is 6.43 Å². The Morgan fingerprint density at radius 2 is 2.25 bits per heavy atom. The molecule has 0 bridgehead atoms. The van der Waals surface area contributed by atoms with Crippen LogP contribution in [0.1, 0.15) is 23.4 Å². The first-order valence-corrected chi connectivity index (χ1v) is 4.71. The average Bonchev–Trinajstić information content (AvgIpc) is 2.19. The lowest BCUT2D eigenvalue weighted by molar-refractivity contribution is -0.136. The van der Waals surface area contributed by atoms with Crippen molar-refractivity contribution < 1.29 is 18.7 Å². The van der Waals surface area contributed by atoms with Crippen molar-refractivity contribution in [1.82, 2.24) is 4.98 Å². The third-order valence-corrected chi connectivity index (χ3v) is 2.30. The van der Waals surface area contributed by atoms with Crippen molar-refractivity contribution in [2.75, 3.05) is 0 Å². The standard InChI is InChI=1S/C9H9ClF2N2O2/c10-8-5(9(11)12)1-4(2-7(15)16)14-6(8)3-13/h1,9H,2-3,13H2,(H,15,16). The van der Waals surface area contributed by atoms with E-state index in [9.17, 15) is 13.6 Å². The van der Waals surface area contributed by atoms with Crippen molar-refractivity contribution in [2.45, 2.75) is 19.4 Å². The molecule has 1 rings (SSSR count). The van der Waals surface area contributed by atoms with E-state index < -0.39 is 24.4 Å². The number of aliphatic carboxylic acids is 1. The number of pyridine rings is 1. The molecule has 0 amide bonds. The maximum Gasteiger partial charge on any atom is 0.309 e. The second kappa shape index (κ2) is 5.18. The Bertz CT molecular complexity index is 413. The van der Waals surface area contributed by atoms with Gasteiger partial charge in [-0.15, -0.1) is 0 Å². The highest BCUT2D eigenvalue weighted by Crippen LogP contribution is 2.29. The van der Waals surface area contributed by atoms with Gasteiger partial charge in [-0.2, -0.15) is 0 Å². The molecule has 1 aromatic rings. The van der Waals surface area contributed by atoms with E-state index in [1.54, 1.807) is 0 Å². The Morgan fingerprint density at radius 3 is 2.69 bits per heavy atom. The summed E-state index contributed by atoms with van der Waals surface area (Å²) in [5, 5.41) is 8.34. The summed E-state index contributed by atoms with van der Waals surface area (Å²) in [6.07, 6.45) is -3.22. The van der Waals surface area contributed by atoms with Crippen LogP contribution in [0.3, 0.4) is 0 Å². The molecule has 0 atom stereocenters. The minimum absolute atomic E-state index is 0.0210. The number of carboxylic acid groups (broad SMARTS) is 1. The van der Waals surface area contributed by atoms with E-state index in [2.05, 4.69) is 4.98 Å². The van der Waals surface area contributed by atoms with Gasteiger partial charge in [0.05, 0.1) is 22.8 Å². The van der Waals surface area contributed by atoms with Crippen LogP contribution in [-0.2, 0) is 17.8 Å². The summed E-state index contributed by atoms with van der Waals surface area (Å²) in [5.41, 5.74) is 4.94. The molecule has 7 heteroatoms. The summed E-state index contributed by atoms with van der Waals surface area (Å²) in [6.45, 7) is -0.119. The van der Waals surface area contributed by atoms with Gasteiger partial charge in [-0.1, -0.05) is 11.6 Å². The SMILES string of the molecule is NCc1nc(CC(=O)O)cc(C(F)F)c1Cl. The number of hydrogen-bond acceptors (Lipinski definition) is 3. The normalized spacial score (nSPS) is 10.8. The maximum absolute atomic E-state index is 12.6. The molecule has 0 saturated heterocycles. The highest BCUT2D eigenvalue weighted by molar-refractivity contribution is 6.32. The Morgan fingerprint density at radius 1 is 1.62 bits per heavy atom. The Hall–Kier alpha value is -1.27. The smallest absolute Gasteiger partial charge is 0.309 e. The van der Waals surface area contributed by atoms with Gasteiger partial charge >= 0.3 is 5.97 Å². The summed E-state index contributed by atoms with van der Waals surface area (Å²) >= 11 is 5.64. The minimum Gasteiger partial charge on any atom is -0.481 e. The molecule has 1 aromatic heterocycles. The van der Waals surface area contributed by atoms with Gasteiger partial charge in [0, 0.05) is 12.1 Å². The lowest BCUT2D eigenvalue weighted by Gasteiger charge is -2.09. The van der Waals surface area contributed by atoms with Crippen molar-refractivity contribution in [3.63, 3.8) is 0 Å². The summed E-state index contributed by atoms with van der Waals surface area (Å²) in [7, 11) is 0. The lowest BCUT2D eigenvalue weighted by Crippen LogP contribution is -2.09. The largest absolute Gasteiger partial charge is 0.481 e. The molecule has 0 fully saturated rings. The Kier molecular flexibility index (Phi) is 4.14. The highest BCUT2D eigenvalue weighted by atomic mass is 35.5. The fourth-order valence-corrected chi connectivity index (χ4v) is 1.46. The van der Waals surface area contributed by atoms with Crippen LogP contribution in [0, 0.1) is 0 Å². The van der Waals surface area contributed by atoms with Crippen molar-refractivity contribution in [3.05, 3.63) is 28.0 Å². The molecule has 0 spiro atoms. The van der Waals surface area contributed by atoms with Crippen molar-refractivity contribution in [2.24, 2.45) is 5.73 Å². The number of rotatable bonds is 4. The molecular weight excluding hydrogens is 242 g/mol. The third kappa shape index (κ3) is 2.86. The second-order valence-corrected chi connectivity index (χ2v) is 3.42. The fourth-order valence-electron chi connectivity index (χ4n) is 1.20. The van der Waals surface area contributed by atoms with Gasteiger partial charge in [-0.25, -0.2) is 8.78 Å². The van der Waals surface area contributed by atoms with Crippen molar-refractivity contribution in [1.29, 1.82) is 0 Å². The van der Waals surface area contributed by atoms with Gasteiger partial charge in [0.2, 0.25) is 0 Å². The van der Waals surface area contributed by atoms with Crippen LogP contribution in [0.5, 0.6) is 0 Å². The van der Waals surface area contributed by atoms with Gasteiger partial charge in [-0.05, 0) is 6.07 Å². The molecule has 0 unspecified atom stereocenters. The second-order valence-electron chi connectivity index (χ2n) is 3.04. The zero-order valence-corrected chi connectivity index (χ0v) is 8.84. The van der Waals surface area contributed by atoms with E-state index >= 15 is 0 Å². The summed E-state index contributed by atoms with van der Waals surface area (Å²) in [6, 6.07) is 0.986. The number of aromatic nitrogens is 1. The van der Waals surface area contributed by atoms with Crippen LogP contribution in [0.25, 0.3) is 0 Å². The molecule has 0 aliphatic carbocycles. The number of hydrogen-bond donors (Lipinski definition) is 2. The van der Waals surface area contributed by atoms with E-state index in [0.29, 0.717) is 0 Å². The number of nitrogens with two attached hydrogens (primary N) is 1. The Balaban J connectivity index is 3.22. The number of carbonyl (C=O) groups is 1. The predicted molar refractivity (Wildman–Crippen MR) is 53.4 cm³/mol. The van der Waals surface area contributed by atoms with Gasteiger partial charge in [0.15, 0.2) is 0 Å². The van der Waals surface area contributed by atoms with E-state index in [1.807, 2.05) is 0 Å². The molecular formula is C9H9ClF2N2O2. The van der Waals surface area contributed by atoms with Crippen LogP contribution in [0.2, 0.25) is 5.02 Å². The minimum atomic E-state index is -2.78. The zero-order chi connectivity index (χ0) is 12.3. The van der Waals surface area contributed by atoms with Crippen LogP contribution in [-0.4, -0.2) is 16.1 Å². The molecule has 1 heterocycles. The van der Waals surface area contributed by atoms with Crippen LogP contribution >= 0.6 is 11.6 Å². The van der Waals surface area contributed by atoms with Crippen LogP contribution < -0.4 is 5.73 Å². The van der Waals surface area contributed by atoms with Crippen LogP contribution in [0.4, 0.5) is 8.78 Å². The first kappa shape index (κ1) is 12.8. The van der Waals surface area contributed by atoms with Gasteiger partial charge in [0.1, 0.15) is 0 Å². The van der Waals surface area contributed by atoms with Gasteiger partial charge in [-0.3, -0.25) is 9.78 Å². The fraction of sp³-hybridized carbons (Fsp3) is 0.333. The van der Waals surface area contributed by atoms with Gasteiger partial charge < -0.3 is 10.8 Å². The molecule has 4 nitrogen and oxygen atoms in total. The topological polar surface area (TPSA) is 76.2 Å². The summed E-state index contributed by atoms with van der Waals surface area (Å²) < 4.78 is 25.1. The molecule has 0 aromatic carbocycles. The van der Waals surface area contributed by atoms with E-state index in [4.69, 9.17) is 22.4 Å². The first-order valence-electron chi connectivity index (χ1n) is 4.34. The third-order valence-electron chi connectivity index (χ3n) is 1.87. The molecule has 16 heavy (non-hydrogen) atoms. The number of halogens is 3. The van der Waals surface area contributed by atoms with E-state index in [1.165, 1.54) is 0 Å². The highest BCUT2D eigenvalue weighted by Gasteiger charge is 2.18. The molecule has 0 radical (unpaired) electrons. The monoisotopic (exact) mass is 250 g/mol. The molecule has 3 N–H and O–H groups in total. The van der Waals surface area contributed by atoms with Crippen molar-refractivity contribution in [3.8, 4) is 0 Å². The molecule has 0 saturated carbocycles. The number of nitrogens with zero attached hydrogens (tertiary/aromatic N) is 1. The molecule has 88 valence electrons.